The van der Waals surface area contributed by atoms with Crippen LogP contribution in [0.15, 0.2) is 36.5 Å². The maximum Gasteiger partial charge on any atom is 0.254 e. The molecule has 7 heteroatoms. The van der Waals surface area contributed by atoms with E-state index in [1.807, 2.05) is 30.5 Å². The lowest BCUT2D eigenvalue weighted by Crippen LogP contribution is -2.46. The summed E-state index contributed by atoms with van der Waals surface area (Å²) in [5, 5.41) is 3.44. The molecule has 0 spiro atoms. The summed E-state index contributed by atoms with van der Waals surface area (Å²) in [5.41, 5.74) is 10.3. The predicted octanol–water partition coefficient (Wildman–Crippen LogP) is 1.69. The van der Waals surface area contributed by atoms with Crippen LogP contribution in [0.2, 0.25) is 0 Å². The Morgan fingerprint density at radius 3 is 2.73 bits per heavy atom. The number of nitrogen functional groups attached to an aromatic ring is 1. The van der Waals surface area contributed by atoms with Gasteiger partial charge in [-0.25, -0.2) is 4.98 Å². The molecule has 7 nitrogen and oxygen atoms in total. The van der Waals surface area contributed by atoms with Gasteiger partial charge in [0.05, 0.1) is 11.9 Å². The highest BCUT2D eigenvalue weighted by Gasteiger charge is 2.34. The number of hydrogen-bond donors (Lipinski definition) is 2. The van der Waals surface area contributed by atoms with Crippen molar-refractivity contribution in [2.75, 3.05) is 49.9 Å². The quantitative estimate of drug-likeness (QED) is 0.805. The first kappa shape index (κ1) is 19.3. The molecule has 1 atom stereocenters. The van der Waals surface area contributed by atoms with Gasteiger partial charge in [0.15, 0.2) is 0 Å². The summed E-state index contributed by atoms with van der Waals surface area (Å²) in [6.07, 6.45) is 4.10. The van der Waals surface area contributed by atoms with Gasteiger partial charge < -0.3 is 20.9 Å². The van der Waals surface area contributed by atoms with Crippen molar-refractivity contribution in [2.24, 2.45) is 0 Å². The maximum absolute atomic E-state index is 13.0. The van der Waals surface area contributed by atoms with E-state index in [9.17, 15) is 4.79 Å². The SMILES string of the molecule is Nc1ccc(N2CCN(Cc3cccc4c3CN(C3CCCNC3)C4=O)CC2)cn1. The van der Waals surface area contributed by atoms with Crippen molar-refractivity contribution < 1.29 is 4.79 Å². The molecule has 0 aliphatic carbocycles. The van der Waals surface area contributed by atoms with Gasteiger partial charge in [-0.15, -0.1) is 0 Å². The van der Waals surface area contributed by atoms with Crippen LogP contribution in [0.25, 0.3) is 0 Å². The largest absolute Gasteiger partial charge is 0.384 e. The number of nitrogens with zero attached hydrogens (tertiary/aromatic N) is 4. The van der Waals surface area contributed by atoms with E-state index in [0.717, 1.165) is 76.5 Å². The Labute approximate surface area is 177 Å². The van der Waals surface area contributed by atoms with Crippen molar-refractivity contribution in [1.82, 2.24) is 20.1 Å². The molecule has 0 saturated carbocycles. The molecule has 3 aliphatic heterocycles. The minimum absolute atomic E-state index is 0.209. The first-order valence-electron chi connectivity index (χ1n) is 11.0. The topological polar surface area (TPSA) is 77.7 Å². The van der Waals surface area contributed by atoms with E-state index in [1.54, 1.807) is 0 Å². The molecule has 2 saturated heterocycles. The average molecular weight is 407 g/mol. The second kappa shape index (κ2) is 8.24. The Bertz CT molecular complexity index is 900. The molecule has 1 amide bonds. The number of benzene rings is 1. The highest BCUT2D eigenvalue weighted by molar-refractivity contribution is 5.99. The third-order valence-corrected chi connectivity index (χ3v) is 6.71. The fourth-order valence-electron chi connectivity index (χ4n) is 4.95. The molecule has 2 fully saturated rings. The van der Waals surface area contributed by atoms with E-state index in [1.165, 1.54) is 11.1 Å². The zero-order chi connectivity index (χ0) is 20.5. The average Bonchev–Trinajstić information content (AvgIpc) is 3.13. The number of hydrogen-bond acceptors (Lipinski definition) is 6. The van der Waals surface area contributed by atoms with Gasteiger partial charge in [-0.2, -0.15) is 0 Å². The smallest absolute Gasteiger partial charge is 0.254 e. The number of amides is 1. The van der Waals surface area contributed by atoms with Crippen LogP contribution in [0.3, 0.4) is 0 Å². The fraction of sp³-hybridized carbons (Fsp3) is 0.478. The molecule has 0 radical (unpaired) electrons. The van der Waals surface area contributed by atoms with Gasteiger partial charge in [0.2, 0.25) is 0 Å². The minimum atomic E-state index is 0.209. The van der Waals surface area contributed by atoms with Crippen LogP contribution in [0, 0.1) is 0 Å². The van der Waals surface area contributed by atoms with Gasteiger partial charge in [0, 0.05) is 57.4 Å². The van der Waals surface area contributed by atoms with Crippen molar-refractivity contribution >= 4 is 17.4 Å². The molecule has 0 bridgehead atoms. The molecule has 4 heterocycles. The number of anilines is 2. The molecule has 2 aromatic rings. The van der Waals surface area contributed by atoms with Crippen molar-refractivity contribution in [1.29, 1.82) is 0 Å². The van der Waals surface area contributed by atoms with Crippen molar-refractivity contribution in [3.8, 4) is 0 Å². The van der Waals surface area contributed by atoms with E-state index in [-0.39, 0.29) is 5.91 Å². The third kappa shape index (κ3) is 3.75. The minimum Gasteiger partial charge on any atom is -0.384 e. The zero-order valence-corrected chi connectivity index (χ0v) is 17.4. The van der Waals surface area contributed by atoms with E-state index in [0.29, 0.717) is 11.9 Å². The van der Waals surface area contributed by atoms with Gasteiger partial charge in [0.25, 0.3) is 5.91 Å². The Hall–Kier alpha value is -2.64. The third-order valence-electron chi connectivity index (χ3n) is 6.71. The monoisotopic (exact) mass is 406 g/mol. The summed E-state index contributed by atoms with van der Waals surface area (Å²) >= 11 is 0. The number of carbonyl (C=O) groups excluding carboxylic acids is 1. The number of piperazine rings is 1. The molecular formula is C23H30N6O. The molecule has 30 heavy (non-hydrogen) atoms. The summed E-state index contributed by atoms with van der Waals surface area (Å²) in [4.78, 5) is 24.2. The molecule has 1 aromatic heterocycles. The number of nitrogens with one attached hydrogen (secondary N) is 1. The lowest BCUT2D eigenvalue weighted by molar-refractivity contribution is 0.0674. The van der Waals surface area contributed by atoms with Crippen LogP contribution in [-0.4, -0.2) is 66.0 Å². The fourth-order valence-corrected chi connectivity index (χ4v) is 4.95. The number of pyridine rings is 1. The van der Waals surface area contributed by atoms with E-state index < -0.39 is 0 Å². The standard InChI is InChI=1S/C23H30N6O/c24-22-7-6-18(14-26-22)28-11-9-27(10-12-28)15-17-3-1-5-20-21(17)16-29(23(20)30)19-4-2-8-25-13-19/h1,3,5-7,14,19,25H,2,4,8-13,15-16H2,(H2,24,26). The predicted molar refractivity (Wildman–Crippen MR) is 118 cm³/mol. The highest BCUT2D eigenvalue weighted by atomic mass is 16.2. The van der Waals surface area contributed by atoms with Crippen LogP contribution in [0.1, 0.15) is 34.3 Å². The molecule has 5 rings (SSSR count). The first-order valence-corrected chi connectivity index (χ1v) is 11.0. The summed E-state index contributed by atoms with van der Waals surface area (Å²) in [6, 6.07) is 10.5. The second-order valence-corrected chi connectivity index (χ2v) is 8.58. The first-order chi connectivity index (χ1) is 14.7. The Morgan fingerprint density at radius 1 is 1.13 bits per heavy atom. The van der Waals surface area contributed by atoms with Gasteiger partial charge in [-0.05, 0) is 48.7 Å². The lowest BCUT2D eigenvalue weighted by Gasteiger charge is -2.36. The van der Waals surface area contributed by atoms with Crippen LogP contribution in [0.5, 0.6) is 0 Å². The summed E-state index contributed by atoms with van der Waals surface area (Å²) in [5.74, 6) is 0.768. The number of carbonyl (C=O) groups is 1. The Balaban J connectivity index is 1.24. The molecule has 158 valence electrons. The number of piperidine rings is 1. The summed E-state index contributed by atoms with van der Waals surface area (Å²) < 4.78 is 0. The number of fused-ring (bicyclic) bond motifs is 1. The molecule has 3 N–H and O–H groups in total. The molecule has 3 aliphatic rings. The maximum atomic E-state index is 13.0. The van der Waals surface area contributed by atoms with E-state index in [2.05, 4.69) is 31.1 Å². The second-order valence-electron chi connectivity index (χ2n) is 8.58. The van der Waals surface area contributed by atoms with Gasteiger partial charge in [-0.1, -0.05) is 12.1 Å². The Kier molecular flexibility index (Phi) is 5.31. The highest BCUT2D eigenvalue weighted by Crippen LogP contribution is 2.30. The van der Waals surface area contributed by atoms with Crippen LogP contribution in [-0.2, 0) is 13.1 Å². The van der Waals surface area contributed by atoms with E-state index >= 15 is 0 Å². The summed E-state index contributed by atoms with van der Waals surface area (Å²) in [7, 11) is 0. The van der Waals surface area contributed by atoms with Gasteiger partial charge >= 0.3 is 0 Å². The number of rotatable bonds is 4. The van der Waals surface area contributed by atoms with Crippen molar-refractivity contribution in [3.05, 3.63) is 53.2 Å². The summed E-state index contributed by atoms with van der Waals surface area (Å²) in [6.45, 7) is 7.58. The zero-order valence-electron chi connectivity index (χ0n) is 17.4. The molecule has 1 aromatic carbocycles. The van der Waals surface area contributed by atoms with Gasteiger partial charge in [0.1, 0.15) is 5.82 Å². The molecule has 1 unspecified atom stereocenters. The van der Waals surface area contributed by atoms with Crippen LogP contribution in [0.4, 0.5) is 11.5 Å². The molecular weight excluding hydrogens is 376 g/mol. The van der Waals surface area contributed by atoms with Gasteiger partial charge in [-0.3, -0.25) is 9.69 Å². The van der Waals surface area contributed by atoms with Crippen molar-refractivity contribution in [2.45, 2.75) is 32.0 Å². The lowest BCUT2D eigenvalue weighted by atomic mass is 10.0. The van der Waals surface area contributed by atoms with E-state index in [4.69, 9.17) is 5.73 Å². The number of nitrogens with two attached hydrogens (primary N) is 1. The van der Waals surface area contributed by atoms with Crippen LogP contribution < -0.4 is 16.0 Å². The Morgan fingerprint density at radius 2 is 2.00 bits per heavy atom. The van der Waals surface area contributed by atoms with Crippen LogP contribution >= 0.6 is 0 Å². The normalized spacial score (nSPS) is 22.4. The number of aromatic nitrogens is 1. The van der Waals surface area contributed by atoms with Crippen molar-refractivity contribution in [3.63, 3.8) is 0 Å².